The Labute approximate surface area is 134 Å². The first-order valence-corrected chi connectivity index (χ1v) is 10.6. The molecule has 23 heavy (non-hydrogen) atoms. The molecule has 1 aromatic heterocycles. The maximum atomic E-state index is 11.3. The van der Waals surface area contributed by atoms with Crippen molar-refractivity contribution in [3.63, 3.8) is 0 Å². The molecule has 1 aromatic rings. The summed E-state index contributed by atoms with van der Waals surface area (Å²) in [6, 6.07) is 0. The zero-order valence-electron chi connectivity index (χ0n) is 13.0. The normalized spacial score (nSPS) is 13.5. The van der Waals surface area contributed by atoms with E-state index in [1.807, 2.05) is 0 Å². The highest BCUT2D eigenvalue weighted by Gasteiger charge is 2.61. The number of aliphatic hydroxyl groups is 1. The van der Waals surface area contributed by atoms with Crippen LogP contribution in [0.2, 0.25) is 0 Å². The van der Waals surface area contributed by atoms with Crippen molar-refractivity contribution in [1.82, 2.24) is 4.57 Å². The van der Waals surface area contributed by atoms with Gasteiger partial charge < -0.3 is 24.7 Å². The van der Waals surface area contributed by atoms with Crippen LogP contribution in [-0.2, 0) is 22.2 Å². The molecule has 134 valence electrons. The van der Waals surface area contributed by atoms with Crippen molar-refractivity contribution >= 4 is 15.2 Å². The van der Waals surface area contributed by atoms with Crippen LogP contribution in [0.25, 0.3) is 0 Å². The van der Waals surface area contributed by atoms with E-state index in [2.05, 4.69) is 6.92 Å². The van der Waals surface area contributed by atoms with Gasteiger partial charge in [0.2, 0.25) is 6.33 Å². The Morgan fingerprint density at radius 2 is 1.61 bits per heavy atom. The Hall–Kier alpha value is -0.530. The predicted octanol–water partition coefficient (Wildman–Crippen LogP) is 0.747. The van der Waals surface area contributed by atoms with Crippen LogP contribution in [0, 0.1) is 0 Å². The lowest BCUT2D eigenvalue weighted by molar-refractivity contribution is -0.703. The van der Waals surface area contributed by atoms with Crippen molar-refractivity contribution in [2.45, 2.75) is 57.2 Å². The predicted molar refractivity (Wildman–Crippen MR) is 82.4 cm³/mol. The molecule has 0 unspecified atom stereocenters. The van der Waals surface area contributed by atoms with Gasteiger partial charge in [0.05, 0.1) is 6.54 Å². The first kappa shape index (κ1) is 20.5. The van der Waals surface area contributed by atoms with Crippen molar-refractivity contribution in [2.75, 3.05) is 0 Å². The van der Waals surface area contributed by atoms with Crippen molar-refractivity contribution < 1.29 is 38.4 Å². The lowest BCUT2D eigenvalue weighted by Gasteiger charge is -2.27. The molecule has 0 radical (unpaired) electrons. The van der Waals surface area contributed by atoms with Gasteiger partial charge in [0.25, 0.3) is 0 Å². The monoisotopic (exact) mass is 371 g/mol. The minimum atomic E-state index is -5.44. The Morgan fingerprint density at radius 1 is 1.04 bits per heavy atom. The lowest BCUT2D eigenvalue weighted by atomic mass is 10.1. The van der Waals surface area contributed by atoms with E-state index in [1.165, 1.54) is 18.9 Å². The minimum absolute atomic E-state index is 0.682. The second-order valence-electron chi connectivity index (χ2n) is 5.60. The van der Waals surface area contributed by atoms with E-state index in [0.717, 1.165) is 30.3 Å². The third-order valence-corrected chi connectivity index (χ3v) is 7.31. The third-order valence-electron chi connectivity index (χ3n) is 3.59. The fraction of sp³-hybridized carbons (Fsp3) is 0.750. The van der Waals surface area contributed by atoms with Gasteiger partial charge in [0, 0.05) is 0 Å². The Kier molecular flexibility index (Phi) is 7.16. The van der Waals surface area contributed by atoms with Gasteiger partial charge in [-0.25, -0.2) is 9.13 Å². The van der Waals surface area contributed by atoms with Crippen LogP contribution in [0.3, 0.4) is 0 Å². The second-order valence-corrected chi connectivity index (χ2v) is 9.61. The van der Waals surface area contributed by atoms with Crippen molar-refractivity contribution in [3.05, 3.63) is 18.7 Å². The zero-order valence-corrected chi connectivity index (χ0v) is 14.8. The first-order chi connectivity index (χ1) is 10.5. The molecule has 0 spiro atoms. The van der Waals surface area contributed by atoms with Gasteiger partial charge >= 0.3 is 20.3 Å². The maximum Gasteiger partial charge on any atom is 0.373 e. The number of unbranched alkanes of at least 4 members (excludes halogenated alkanes) is 4. The number of aryl methyl sites for hydroxylation is 1. The summed E-state index contributed by atoms with van der Waals surface area (Å²) >= 11 is 0. The van der Waals surface area contributed by atoms with Crippen LogP contribution in [-0.4, -0.2) is 34.3 Å². The Bertz CT molecular complexity index is 570. The van der Waals surface area contributed by atoms with Crippen LogP contribution in [0.5, 0.6) is 0 Å². The SMILES string of the molecule is CCCCCCCn1cc[n+](CC(O)(P(=O)(O)O)P(=O)(O)O)c1. The molecular weight excluding hydrogens is 346 g/mol. The van der Waals surface area contributed by atoms with E-state index in [-0.39, 0.29) is 0 Å². The van der Waals surface area contributed by atoms with E-state index >= 15 is 0 Å². The summed E-state index contributed by atoms with van der Waals surface area (Å²) in [6.07, 6.45) is 9.92. The fourth-order valence-corrected chi connectivity index (χ4v) is 4.21. The van der Waals surface area contributed by atoms with E-state index in [9.17, 15) is 14.2 Å². The van der Waals surface area contributed by atoms with Crippen molar-refractivity contribution in [2.24, 2.45) is 0 Å². The molecule has 0 aliphatic carbocycles. The van der Waals surface area contributed by atoms with Gasteiger partial charge in [-0.15, -0.1) is 0 Å². The highest BCUT2D eigenvalue weighted by molar-refractivity contribution is 7.72. The molecule has 5 N–H and O–H groups in total. The van der Waals surface area contributed by atoms with Gasteiger partial charge in [-0.1, -0.05) is 26.2 Å². The standard InChI is InChI=1S/C12H24N2O7P2/c1-2-3-4-5-6-7-13-8-9-14(11-13)10-12(15,22(16,17)18)23(19,20)21/h8-9,11,15H,2-7,10H2,1H3,(H3-,16,17,18,19,20,21)/p+1. The molecule has 1 rings (SSSR count). The highest BCUT2D eigenvalue weighted by atomic mass is 31.2. The summed E-state index contributed by atoms with van der Waals surface area (Å²) < 4.78 is 25.5. The number of aromatic nitrogens is 2. The zero-order chi connectivity index (χ0) is 17.7. The minimum Gasteiger partial charge on any atom is -0.365 e. The van der Waals surface area contributed by atoms with E-state index < -0.39 is 26.8 Å². The average Bonchev–Trinajstić information content (AvgIpc) is 2.83. The first-order valence-electron chi connectivity index (χ1n) is 7.40. The van der Waals surface area contributed by atoms with Crippen LogP contribution in [0.15, 0.2) is 18.7 Å². The molecule has 0 aliphatic rings. The molecule has 0 atom stereocenters. The van der Waals surface area contributed by atoms with Crippen molar-refractivity contribution in [1.29, 1.82) is 0 Å². The van der Waals surface area contributed by atoms with E-state index in [4.69, 9.17) is 19.6 Å². The number of hydrogen-bond acceptors (Lipinski definition) is 3. The summed E-state index contributed by atoms with van der Waals surface area (Å²) in [7, 11) is -10.9. The number of imidazole rings is 1. The Morgan fingerprint density at radius 3 is 2.13 bits per heavy atom. The second kappa shape index (κ2) is 8.03. The molecule has 0 aromatic carbocycles. The van der Waals surface area contributed by atoms with E-state index in [0.29, 0.717) is 6.54 Å². The van der Waals surface area contributed by atoms with Gasteiger partial charge in [-0.3, -0.25) is 9.13 Å². The quantitative estimate of drug-likeness (QED) is 0.232. The largest absolute Gasteiger partial charge is 0.373 e. The molecule has 0 saturated heterocycles. The Balaban J connectivity index is 2.74. The average molecular weight is 371 g/mol. The molecule has 9 nitrogen and oxygen atoms in total. The van der Waals surface area contributed by atoms with Crippen LogP contribution >= 0.6 is 15.2 Å². The van der Waals surface area contributed by atoms with Gasteiger partial charge in [0.1, 0.15) is 18.9 Å². The molecule has 0 fully saturated rings. The highest BCUT2D eigenvalue weighted by Crippen LogP contribution is 2.67. The fourth-order valence-electron chi connectivity index (χ4n) is 2.16. The summed E-state index contributed by atoms with van der Waals surface area (Å²) in [6.45, 7) is 1.91. The molecule has 0 amide bonds. The lowest BCUT2D eigenvalue weighted by Crippen LogP contribution is -2.46. The number of rotatable bonds is 10. The summed E-state index contributed by atoms with van der Waals surface area (Å²) in [4.78, 5) is 36.5. The van der Waals surface area contributed by atoms with Gasteiger partial charge in [-0.2, -0.15) is 0 Å². The summed E-state index contributed by atoms with van der Waals surface area (Å²) in [5.41, 5.74) is 0. The third kappa shape index (κ3) is 5.50. The van der Waals surface area contributed by atoms with Gasteiger partial charge in [-0.05, 0) is 12.8 Å². The summed E-state index contributed by atoms with van der Waals surface area (Å²) in [5, 5.41) is 6.43. The smallest absolute Gasteiger partial charge is 0.365 e. The molecule has 0 bridgehead atoms. The topological polar surface area (TPSA) is 144 Å². The van der Waals surface area contributed by atoms with E-state index in [1.54, 1.807) is 10.8 Å². The molecular formula is C12H25N2O7P2+. The molecule has 1 heterocycles. The number of hydrogen-bond donors (Lipinski definition) is 5. The molecule has 0 saturated carbocycles. The van der Waals surface area contributed by atoms with Crippen molar-refractivity contribution in [3.8, 4) is 0 Å². The van der Waals surface area contributed by atoms with Crippen LogP contribution < -0.4 is 4.57 Å². The maximum absolute atomic E-state index is 11.3. The van der Waals surface area contributed by atoms with Crippen LogP contribution in [0.1, 0.15) is 39.0 Å². The van der Waals surface area contributed by atoms with Gasteiger partial charge in [0.15, 0.2) is 0 Å². The van der Waals surface area contributed by atoms with Crippen LogP contribution in [0.4, 0.5) is 0 Å². The molecule has 11 heteroatoms. The molecule has 0 aliphatic heterocycles. The number of nitrogens with zero attached hydrogens (tertiary/aromatic N) is 2. The summed E-state index contributed by atoms with van der Waals surface area (Å²) in [5.74, 6) is 0.